The Morgan fingerprint density at radius 2 is 0.849 bits per heavy atom. The Morgan fingerprint density at radius 1 is 0.321 bits per heavy atom. The van der Waals surface area contributed by atoms with E-state index in [2.05, 4.69) is 182 Å². The second-order valence-corrected chi connectivity index (χ2v) is 13.9. The van der Waals surface area contributed by atoms with Gasteiger partial charge in [-0.15, -0.1) is 0 Å². The molecular weight excluding hydrogens is 643 g/mol. The zero-order valence-corrected chi connectivity index (χ0v) is 28.8. The zero-order valence-electron chi connectivity index (χ0n) is 28.8. The molecule has 0 amide bonds. The van der Waals surface area contributed by atoms with E-state index in [0.717, 1.165) is 61.6 Å². The van der Waals surface area contributed by atoms with Crippen LogP contribution in [0.4, 0.5) is 0 Å². The van der Waals surface area contributed by atoms with Crippen LogP contribution in [0.25, 0.3) is 66.1 Å². The van der Waals surface area contributed by atoms with Crippen LogP contribution in [-0.2, 0) is 0 Å². The first-order valence-corrected chi connectivity index (χ1v) is 18.2. The molecule has 53 heavy (non-hydrogen) atoms. The van der Waals surface area contributed by atoms with Gasteiger partial charge in [-0.25, -0.2) is 0 Å². The van der Waals surface area contributed by atoms with E-state index in [4.69, 9.17) is 9.47 Å². The fourth-order valence-corrected chi connectivity index (χ4v) is 8.74. The topological polar surface area (TPSA) is 18.5 Å². The van der Waals surface area contributed by atoms with Crippen LogP contribution in [0.15, 0.2) is 188 Å². The lowest BCUT2D eigenvalue weighted by atomic mass is 9.34. The van der Waals surface area contributed by atoms with Crippen LogP contribution in [-0.4, -0.2) is 6.71 Å². The molecule has 0 atom stereocenters. The Kier molecular flexibility index (Phi) is 6.68. The first-order chi connectivity index (χ1) is 26.3. The normalized spacial score (nSPS) is 12.4. The van der Waals surface area contributed by atoms with E-state index in [9.17, 15) is 0 Å². The summed E-state index contributed by atoms with van der Waals surface area (Å²) in [4.78, 5) is 0. The molecule has 9 aromatic carbocycles. The van der Waals surface area contributed by atoms with Gasteiger partial charge in [-0.3, -0.25) is 0 Å². The monoisotopic (exact) mass is 674 g/mol. The van der Waals surface area contributed by atoms with Crippen molar-refractivity contribution in [3.05, 3.63) is 188 Å². The first kappa shape index (κ1) is 29.9. The Hall–Kier alpha value is -6.84. The molecule has 3 heteroatoms. The standard InChI is InChI=1S/C50H31BO2/c1-3-15-32(16-4-1)47-37-21-9-10-22-38(37)48(33-17-5-2-6-18-33)41-31-34(27-28-39(41)47)35-19-7-8-20-36(35)40-29-30-46-49-50(40)53-45-26-14-12-24-43(45)51(49)42-23-11-13-25-44(42)52-46/h1-31H. The molecule has 2 aliphatic heterocycles. The Morgan fingerprint density at radius 3 is 1.53 bits per heavy atom. The number of hydrogen-bond donors (Lipinski definition) is 0. The van der Waals surface area contributed by atoms with E-state index in [1.807, 2.05) is 6.07 Å². The molecule has 0 N–H and O–H groups in total. The van der Waals surface area contributed by atoms with Crippen LogP contribution in [0.2, 0.25) is 0 Å². The van der Waals surface area contributed by atoms with Gasteiger partial charge >= 0.3 is 0 Å². The minimum absolute atomic E-state index is 0.0146. The molecule has 9 aromatic rings. The summed E-state index contributed by atoms with van der Waals surface area (Å²) in [5.41, 5.74) is 12.8. The van der Waals surface area contributed by atoms with Crippen molar-refractivity contribution < 1.29 is 9.47 Å². The average molecular weight is 675 g/mol. The number of rotatable bonds is 4. The third-order valence-corrected chi connectivity index (χ3v) is 11.0. The number of benzene rings is 9. The second kappa shape index (κ2) is 11.9. The number of ether oxygens (including phenoxy) is 2. The molecule has 2 aliphatic rings. The molecule has 0 saturated carbocycles. The summed E-state index contributed by atoms with van der Waals surface area (Å²) in [7, 11) is 0. The van der Waals surface area contributed by atoms with Crippen LogP contribution in [0.5, 0.6) is 23.0 Å². The summed E-state index contributed by atoms with van der Waals surface area (Å²) < 4.78 is 13.4. The van der Waals surface area contributed by atoms with Gasteiger partial charge in [-0.2, -0.15) is 0 Å². The van der Waals surface area contributed by atoms with Gasteiger partial charge in [-0.05, 0) is 102 Å². The first-order valence-electron chi connectivity index (χ1n) is 18.2. The molecule has 0 bridgehead atoms. The maximum Gasteiger partial charge on any atom is 0.260 e. The molecule has 0 aromatic heterocycles. The lowest BCUT2D eigenvalue weighted by molar-refractivity contribution is 0.465. The largest absolute Gasteiger partial charge is 0.458 e. The highest BCUT2D eigenvalue weighted by Crippen LogP contribution is 2.47. The summed E-state index contributed by atoms with van der Waals surface area (Å²) >= 11 is 0. The van der Waals surface area contributed by atoms with Crippen molar-refractivity contribution in [2.45, 2.75) is 0 Å². The number of hydrogen-bond acceptors (Lipinski definition) is 2. The Labute approximate surface area is 308 Å². The van der Waals surface area contributed by atoms with Gasteiger partial charge in [0.05, 0.1) is 0 Å². The molecule has 0 radical (unpaired) electrons. The quantitative estimate of drug-likeness (QED) is 0.137. The Bertz CT molecular complexity index is 2890. The molecular formula is C50H31BO2. The van der Waals surface area contributed by atoms with Crippen LogP contribution in [0, 0.1) is 0 Å². The molecule has 2 heterocycles. The smallest absolute Gasteiger partial charge is 0.260 e. The van der Waals surface area contributed by atoms with Gasteiger partial charge in [0.25, 0.3) is 6.71 Å². The van der Waals surface area contributed by atoms with Crippen molar-refractivity contribution in [3.8, 4) is 67.5 Å². The SMILES string of the molecule is c1ccc(-c2c3ccccc3c(-c3ccccc3)c3cc(-c4ccccc4-c4ccc5c6c4Oc4ccccc4B6c4ccccc4O5)ccc23)cc1. The van der Waals surface area contributed by atoms with E-state index in [-0.39, 0.29) is 6.71 Å². The highest BCUT2D eigenvalue weighted by atomic mass is 16.5. The van der Waals surface area contributed by atoms with Gasteiger partial charge in [0, 0.05) is 11.0 Å². The maximum absolute atomic E-state index is 6.90. The van der Waals surface area contributed by atoms with Crippen LogP contribution in [0.1, 0.15) is 0 Å². The summed E-state index contributed by atoms with van der Waals surface area (Å²) in [6.07, 6.45) is 0. The number of fused-ring (bicyclic) bond motifs is 6. The van der Waals surface area contributed by atoms with Crippen molar-refractivity contribution in [3.63, 3.8) is 0 Å². The third kappa shape index (κ3) is 4.61. The predicted molar refractivity (Wildman–Crippen MR) is 221 cm³/mol. The highest BCUT2D eigenvalue weighted by molar-refractivity contribution is 6.98. The van der Waals surface area contributed by atoms with Crippen LogP contribution >= 0.6 is 0 Å². The maximum atomic E-state index is 6.90. The molecule has 0 spiro atoms. The van der Waals surface area contributed by atoms with Gasteiger partial charge in [0.15, 0.2) is 0 Å². The van der Waals surface area contributed by atoms with Crippen molar-refractivity contribution >= 4 is 44.6 Å². The van der Waals surface area contributed by atoms with Crippen molar-refractivity contribution in [1.29, 1.82) is 0 Å². The van der Waals surface area contributed by atoms with Crippen molar-refractivity contribution in [2.75, 3.05) is 0 Å². The molecule has 0 saturated heterocycles. The second-order valence-electron chi connectivity index (χ2n) is 13.9. The minimum atomic E-state index is 0.0146. The van der Waals surface area contributed by atoms with Crippen LogP contribution in [0.3, 0.4) is 0 Å². The van der Waals surface area contributed by atoms with Gasteiger partial charge in [0.2, 0.25) is 0 Å². The fraction of sp³-hybridized carbons (Fsp3) is 0. The van der Waals surface area contributed by atoms with Crippen molar-refractivity contribution in [2.24, 2.45) is 0 Å². The molecule has 0 fully saturated rings. The predicted octanol–water partition coefficient (Wildman–Crippen LogP) is 11.4. The summed E-state index contributed by atoms with van der Waals surface area (Å²) in [6, 6.07) is 67.3. The van der Waals surface area contributed by atoms with Crippen molar-refractivity contribution in [1.82, 2.24) is 0 Å². The summed E-state index contributed by atoms with van der Waals surface area (Å²) in [6.45, 7) is 0.0146. The molecule has 2 nitrogen and oxygen atoms in total. The molecule has 11 rings (SSSR count). The average Bonchev–Trinajstić information content (AvgIpc) is 3.23. The van der Waals surface area contributed by atoms with Crippen LogP contribution < -0.4 is 25.9 Å². The third-order valence-electron chi connectivity index (χ3n) is 11.0. The van der Waals surface area contributed by atoms with E-state index in [1.54, 1.807) is 0 Å². The summed E-state index contributed by atoms with van der Waals surface area (Å²) in [5.74, 6) is 3.49. The van der Waals surface area contributed by atoms with Gasteiger partial charge in [-0.1, -0.05) is 158 Å². The lowest BCUT2D eigenvalue weighted by Gasteiger charge is -2.34. The summed E-state index contributed by atoms with van der Waals surface area (Å²) in [5, 5.41) is 4.95. The zero-order chi connectivity index (χ0) is 34.9. The minimum Gasteiger partial charge on any atom is -0.458 e. The Balaban J connectivity index is 1.16. The van der Waals surface area contributed by atoms with E-state index < -0.39 is 0 Å². The highest BCUT2D eigenvalue weighted by Gasteiger charge is 2.41. The van der Waals surface area contributed by atoms with Gasteiger partial charge in [0.1, 0.15) is 23.0 Å². The molecule has 0 unspecified atom stereocenters. The van der Waals surface area contributed by atoms with E-state index in [0.29, 0.717) is 0 Å². The fourth-order valence-electron chi connectivity index (χ4n) is 8.74. The van der Waals surface area contributed by atoms with Gasteiger partial charge < -0.3 is 9.47 Å². The molecule has 0 aliphatic carbocycles. The molecule has 246 valence electrons. The number of para-hydroxylation sites is 2. The van der Waals surface area contributed by atoms with E-state index in [1.165, 1.54) is 43.8 Å². The lowest BCUT2D eigenvalue weighted by Crippen LogP contribution is -2.57. The van der Waals surface area contributed by atoms with E-state index >= 15 is 0 Å².